The van der Waals surface area contributed by atoms with Crippen LogP contribution in [0.1, 0.15) is 120 Å². The van der Waals surface area contributed by atoms with Gasteiger partial charge in [-0.3, -0.25) is 42.5 Å². The number of nitrogens with zero attached hydrogens (tertiary/aromatic N) is 16. The van der Waals surface area contributed by atoms with Gasteiger partial charge in [-0.15, -0.1) is 12.4 Å². The summed E-state index contributed by atoms with van der Waals surface area (Å²) in [6, 6.07) is 19.8. The van der Waals surface area contributed by atoms with E-state index in [0.29, 0.717) is 46.7 Å². The number of anilines is 4. The molecule has 2 aliphatic carbocycles. The molecule has 0 radical (unpaired) electrons. The van der Waals surface area contributed by atoms with Crippen molar-refractivity contribution in [1.29, 1.82) is 10.5 Å². The molecule has 36 heteroatoms. The van der Waals surface area contributed by atoms with Gasteiger partial charge in [0.25, 0.3) is 17.7 Å². The van der Waals surface area contributed by atoms with Gasteiger partial charge in [-0.25, -0.2) is 53.3 Å². The molecule has 10 aromatic rings. The van der Waals surface area contributed by atoms with E-state index in [9.17, 15) is 58.1 Å². The van der Waals surface area contributed by atoms with E-state index in [4.69, 9.17) is 57.4 Å². The molecule has 2 fully saturated rings. The average molecular weight is 1600 g/mol. The zero-order valence-corrected chi connectivity index (χ0v) is 63.6. The lowest BCUT2D eigenvalue weighted by molar-refractivity contribution is -0.127. The summed E-state index contributed by atoms with van der Waals surface area (Å²) in [6.45, 7) is 9.88. The summed E-state index contributed by atoms with van der Waals surface area (Å²) in [4.78, 5) is 109. The van der Waals surface area contributed by atoms with E-state index in [-0.39, 0.29) is 80.0 Å². The van der Waals surface area contributed by atoms with Crippen LogP contribution in [0.5, 0.6) is 0 Å². The predicted molar refractivity (Wildman–Crippen MR) is 401 cm³/mol. The lowest BCUT2D eigenvalue weighted by atomic mass is 9.91. The number of hydrogen-bond acceptors (Lipinski definition) is 19. The highest BCUT2D eigenvalue weighted by atomic mass is 35.5. The minimum absolute atomic E-state index is 0. The number of carboxylic acids is 1. The standard InChI is InChI=1S/C37H33Cl2FN10O4.C21H13Cl2FN4O3.C16H22N6O2.ClH/c1-19-25(18-48(4)47-19)23-15-42-33(43-16-23)37(9-10-37)46-32(53)30(20(2)51)45-31(52)28-17-44-35-49(24-11-26(38)29(40)27(39)12-24)34(54)36(3,50(28)35)13-21-5-7-22(14-41)8-6-21;1-21(8-11-2-4-12(9-25)5-3-11)19(31)27(13-6-14(22)17(24)15(23)7-13)20-26-10-16(18(29)30)28(20)21;1-9-12(8-22(3)21-9)11-6-18-15(19-7-11)16(4-5-16)20-14(24)13(17)10(2)23;/h5-8,11-12,15-18,20,30,51H,9-10,13H2,1-4H3,(H,45,52)(H,46,53);2-7,10H,8H2,1H3,(H,29,30);6-8,10,13,23H,4-5,17H2,1-3H3,(H,20,24);1H/t20-,30+,36-;21-;10-,13+;/m111./s1. The van der Waals surface area contributed by atoms with Crippen LogP contribution >= 0.6 is 58.8 Å². The number of imidazole rings is 2. The second kappa shape index (κ2) is 31.1. The van der Waals surface area contributed by atoms with Gasteiger partial charge in [-0.05, 0) is 127 Å². The number of aromatic nitrogens is 12. The van der Waals surface area contributed by atoms with Crippen molar-refractivity contribution in [3.05, 3.63) is 211 Å². The second-order valence-electron chi connectivity index (χ2n) is 27.4. The number of benzene rings is 4. The number of aliphatic hydroxyl groups is 2. The molecule has 0 bridgehead atoms. The molecule has 110 heavy (non-hydrogen) atoms. The van der Waals surface area contributed by atoms with Crippen LogP contribution in [0.15, 0.2) is 122 Å². The number of carbonyl (C=O) groups excluding carboxylic acids is 5. The number of halogens is 7. The largest absolute Gasteiger partial charge is 0.477 e. The Balaban J connectivity index is 0.000000180. The minimum atomic E-state index is -1.50. The van der Waals surface area contributed by atoms with Gasteiger partial charge in [0, 0.05) is 86.4 Å². The van der Waals surface area contributed by atoms with Crippen LogP contribution in [0.4, 0.5) is 32.1 Å². The Morgan fingerprint density at radius 2 is 0.955 bits per heavy atom. The molecule has 0 saturated heterocycles. The Morgan fingerprint density at radius 3 is 1.28 bits per heavy atom. The molecule has 8 N–H and O–H groups in total. The quantitative estimate of drug-likeness (QED) is 0.0370. The van der Waals surface area contributed by atoms with Crippen molar-refractivity contribution in [2.75, 3.05) is 9.80 Å². The number of carbonyl (C=O) groups is 6. The number of rotatable bonds is 19. The molecule has 6 aromatic heterocycles. The Hall–Kier alpha value is -11.1. The van der Waals surface area contributed by atoms with Crippen LogP contribution in [0.25, 0.3) is 22.3 Å². The topological polar surface area (TPSA) is 402 Å². The number of carboxylic acid groups (broad SMARTS) is 1. The third kappa shape index (κ3) is 15.3. The third-order valence-electron chi connectivity index (χ3n) is 19.3. The third-order valence-corrected chi connectivity index (χ3v) is 20.4. The Bertz CT molecular complexity index is 5340. The van der Waals surface area contributed by atoms with Gasteiger partial charge in [-0.1, -0.05) is 70.7 Å². The molecule has 8 heterocycles. The van der Waals surface area contributed by atoms with Crippen LogP contribution in [-0.2, 0) is 68.3 Å². The first-order chi connectivity index (χ1) is 51.6. The Kier molecular flexibility index (Phi) is 22.6. The highest BCUT2D eigenvalue weighted by molar-refractivity contribution is 6.36. The summed E-state index contributed by atoms with van der Waals surface area (Å²) < 4.78 is 34.5. The summed E-state index contributed by atoms with van der Waals surface area (Å²) in [7, 11) is 3.69. The number of aryl methyl sites for hydroxylation is 4. The van der Waals surface area contributed by atoms with Gasteiger partial charge in [-0.2, -0.15) is 20.7 Å². The highest BCUT2D eigenvalue weighted by Crippen LogP contribution is 2.48. The number of fused-ring (bicyclic) bond motifs is 2. The van der Waals surface area contributed by atoms with Crippen molar-refractivity contribution in [3.63, 3.8) is 0 Å². The summed E-state index contributed by atoms with van der Waals surface area (Å²) in [5, 5.41) is 64.0. The summed E-state index contributed by atoms with van der Waals surface area (Å²) in [6.07, 6.45) is 13.5. The molecule has 4 aromatic carbocycles. The summed E-state index contributed by atoms with van der Waals surface area (Å²) >= 11 is 24.1. The van der Waals surface area contributed by atoms with Gasteiger partial charge < -0.3 is 37.0 Å². The van der Waals surface area contributed by atoms with Crippen LogP contribution in [-0.4, -0.2) is 134 Å². The zero-order valence-electron chi connectivity index (χ0n) is 59.8. The van der Waals surface area contributed by atoms with Gasteiger partial charge in [0.15, 0.2) is 23.3 Å². The fourth-order valence-electron chi connectivity index (χ4n) is 13.2. The fourth-order valence-corrected chi connectivity index (χ4v) is 14.1. The number of nitrogens with one attached hydrogen (secondary N) is 3. The van der Waals surface area contributed by atoms with Gasteiger partial charge >= 0.3 is 5.97 Å². The molecule has 29 nitrogen and oxygen atoms in total. The van der Waals surface area contributed by atoms with E-state index in [1.165, 1.54) is 63.2 Å². The number of hydrogen-bond donors (Lipinski definition) is 7. The first-order valence-corrected chi connectivity index (χ1v) is 35.3. The van der Waals surface area contributed by atoms with E-state index in [0.717, 1.165) is 52.7 Å². The van der Waals surface area contributed by atoms with E-state index in [1.54, 1.807) is 96.5 Å². The summed E-state index contributed by atoms with van der Waals surface area (Å²) in [5.74, 6) is -4.80. The normalized spacial score (nSPS) is 17.8. The molecule has 4 aliphatic rings. The highest BCUT2D eigenvalue weighted by Gasteiger charge is 2.55. The zero-order chi connectivity index (χ0) is 78.7. The molecular formula is C74H69Cl5F2N20O9. The molecule has 6 atom stereocenters. The maximum atomic E-state index is 14.4. The molecular weight excluding hydrogens is 1530 g/mol. The smallest absolute Gasteiger partial charge is 0.354 e. The van der Waals surface area contributed by atoms with Crippen LogP contribution < -0.4 is 31.5 Å². The number of aromatic carboxylic acids is 1. The van der Waals surface area contributed by atoms with E-state index in [1.807, 2.05) is 46.4 Å². The van der Waals surface area contributed by atoms with Gasteiger partial charge in [0.2, 0.25) is 23.7 Å². The average Bonchev–Trinajstić information content (AvgIpc) is 1.56. The van der Waals surface area contributed by atoms with Crippen molar-refractivity contribution < 1.29 is 52.9 Å². The molecule has 2 saturated carbocycles. The number of nitriles is 2. The first-order valence-electron chi connectivity index (χ1n) is 33.7. The van der Waals surface area contributed by atoms with Crippen molar-refractivity contribution >= 4 is 118 Å². The maximum absolute atomic E-state index is 14.4. The minimum Gasteiger partial charge on any atom is -0.477 e. The van der Waals surface area contributed by atoms with E-state index < -0.39 is 93.6 Å². The van der Waals surface area contributed by atoms with Crippen LogP contribution in [0.3, 0.4) is 0 Å². The maximum Gasteiger partial charge on any atom is 0.354 e. The molecule has 0 spiro atoms. The molecule has 2 aliphatic heterocycles. The fraction of sp³-hybridized carbons (Fsp3) is 0.297. The van der Waals surface area contributed by atoms with Crippen molar-refractivity contribution in [1.82, 2.24) is 74.5 Å². The summed E-state index contributed by atoms with van der Waals surface area (Å²) in [5.41, 5.74) is 8.84. The molecule has 5 amide bonds. The van der Waals surface area contributed by atoms with Crippen LogP contribution in [0.2, 0.25) is 20.1 Å². The van der Waals surface area contributed by atoms with Gasteiger partial charge in [0.1, 0.15) is 40.1 Å². The van der Waals surface area contributed by atoms with Crippen molar-refractivity contribution in [2.45, 2.75) is 127 Å². The first kappa shape index (κ1) is 79.9. The predicted octanol–water partition coefficient (Wildman–Crippen LogP) is 9.58. The Morgan fingerprint density at radius 1 is 0.591 bits per heavy atom. The molecule has 14 rings (SSSR count). The second-order valence-corrected chi connectivity index (χ2v) is 29.0. The number of aliphatic hydroxyl groups excluding tert-OH is 2. The van der Waals surface area contributed by atoms with Crippen LogP contribution in [0, 0.1) is 48.1 Å². The lowest BCUT2D eigenvalue weighted by Gasteiger charge is -2.28. The van der Waals surface area contributed by atoms with Crippen molar-refractivity contribution in [3.8, 4) is 34.4 Å². The van der Waals surface area contributed by atoms with Gasteiger partial charge in [0.05, 0.1) is 96.3 Å². The van der Waals surface area contributed by atoms with E-state index >= 15 is 0 Å². The molecule has 0 unspecified atom stereocenters. The lowest BCUT2D eigenvalue weighted by Crippen LogP contribution is -2.55. The molecule has 568 valence electrons. The Labute approximate surface area is 653 Å². The number of nitrogens with two attached hydrogens (primary N) is 1. The SMILES string of the molecule is C[C@@]1(Cc2ccc(C#N)cc2)C(=O)N(c2cc(Cl)c(F)c(Cl)c2)c2ncc(C(=O)O)n21.Cc1nn(C)cc1-c1cnc(C2(NC(=O)[C@@H](N)[C@@H](C)O)CC2)nc1.Cc1nn(C)cc1-c1cnc(C2(NC(=O)[C@@H](NC(=O)c3cnc4n3[C@](C)(Cc3ccc(C#N)cc3)C(=O)N4c3cc(Cl)c(F)c(Cl)c3)[C@@H](C)O)CC2)nc1.Cl. The number of amides is 5. The van der Waals surface area contributed by atoms with E-state index in [2.05, 4.69) is 62.1 Å². The van der Waals surface area contributed by atoms with Crippen molar-refractivity contribution in [2.24, 2.45) is 19.8 Å². The monoisotopic (exact) mass is 1590 g/mol.